The molecule has 0 radical (unpaired) electrons. The Morgan fingerprint density at radius 2 is 1.60 bits per heavy atom. The first kappa shape index (κ1) is 22.3. The van der Waals surface area contributed by atoms with Gasteiger partial charge in [-0.15, -0.1) is 0 Å². The van der Waals surface area contributed by atoms with Crippen LogP contribution in [0.2, 0.25) is 10.0 Å². The van der Waals surface area contributed by atoms with Crippen molar-refractivity contribution in [1.29, 1.82) is 0 Å². The number of rotatable bonds is 4. The normalized spacial score (nSPS) is 12.2. The van der Waals surface area contributed by atoms with Crippen LogP contribution in [0.1, 0.15) is 0 Å². The molecule has 0 bridgehead atoms. The number of hydrogen-bond acceptors (Lipinski definition) is 4. The van der Waals surface area contributed by atoms with Crippen LogP contribution in [0.4, 0.5) is 13.2 Å². The zero-order valence-electron chi connectivity index (χ0n) is 15.2. The Labute approximate surface area is 179 Å². The number of sulfone groups is 1. The lowest BCUT2D eigenvalue weighted by molar-refractivity contribution is -0.143. The van der Waals surface area contributed by atoms with Crippen LogP contribution in [0.25, 0.3) is 22.3 Å². The predicted molar refractivity (Wildman–Crippen MR) is 109 cm³/mol. The summed E-state index contributed by atoms with van der Waals surface area (Å²) in [4.78, 5) is 12.9. The molecule has 30 heavy (non-hydrogen) atoms. The second-order valence-corrected chi connectivity index (χ2v) is 9.27. The third kappa shape index (κ3) is 4.85. The van der Waals surface area contributed by atoms with Crippen LogP contribution < -0.4 is 5.56 Å². The molecule has 0 N–H and O–H groups in total. The Morgan fingerprint density at radius 1 is 1.00 bits per heavy atom. The highest BCUT2D eigenvalue weighted by molar-refractivity contribution is 7.90. The molecule has 0 aliphatic rings. The maximum absolute atomic E-state index is 12.9. The zero-order valence-corrected chi connectivity index (χ0v) is 17.6. The number of aromatic nitrogens is 2. The van der Waals surface area contributed by atoms with E-state index in [1.54, 1.807) is 0 Å². The van der Waals surface area contributed by atoms with E-state index in [0.717, 1.165) is 12.5 Å². The van der Waals surface area contributed by atoms with Crippen LogP contribution in [0, 0.1) is 0 Å². The lowest BCUT2D eigenvalue weighted by Gasteiger charge is -2.14. The van der Waals surface area contributed by atoms with Crippen molar-refractivity contribution in [2.75, 3.05) is 6.26 Å². The summed E-state index contributed by atoms with van der Waals surface area (Å²) in [7, 11) is -3.45. The fourth-order valence-electron chi connectivity index (χ4n) is 2.80. The lowest BCUT2D eigenvalue weighted by atomic mass is 9.97. The van der Waals surface area contributed by atoms with Gasteiger partial charge in [0.15, 0.2) is 9.84 Å². The molecule has 2 aromatic carbocycles. The van der Waals surface area contributed by atoms with Gasteiger partial charge < -0.3 is 0 Å². The third-order valence-electron chi connectivity index (χ3n) is 4.17. The SMILES string of the molecule is CS(=O)(=O)c1ccc(-c2cnn(CC(F)(F)F)c(=O)c2-c2ccc(Cl)c(Cl)c2)cc1. The van der Waals surface area contributed by atoms with Crippen molar-refractivity contribution in [2.45, 2.75) is 17.6 Å². The summed E-state index contributed by atoms with van der Waals surface area (Å²) in [6.07, 6.45) is -2.48. The minimum Gasteiger partial charge on any atom is -0.267 e. The summed E-state index contributed by atoms with van der Waals surface area (Å²) >= 11 is 11.9. The van der Waals surface area contributed by atoms with E-state index in [4.69, 9.17) is 23.2 Å². The first-order valence-electron chi connectivity index (χ1n) is 8.29. The van der Waals surface area contributed by atoms with E-state index >= 15 is 0 Å². The molecule has 0 saturated heterocycles. The fourth-order valence-corrected chi connectivity index (χ4v) is 3.73. The van der Waals surface area contributed by atoms with E-state index in [0.29, 0.717) is 10.2 Å². The second kappa shape index (κ2) is 8.05. The summed E-state index contributed by atoms with van der Waals surface area (Å²) in [6, 6.07) is 9.81. The smallest absolute Gasteiger partial charge is 0.267 e. The molecule has 0 unspecified atom stereocenters. The first-order valence-corrected chi connectivity index (χ1v) is 10.9. The Kier molecular flexibility index (Phi) is 5.99. The minimum atomic E-state index is -4.65. The van der Waals surface area contributed by atoms with Gasteiger partial charge in [0.05, 0.1) is 26.7 Å². The lowest BCUT2D eigenvalue weighted by Crippen LogP contribution is -2.31. The van der Waals surface area contributed by atoms with Crippen molar-refractivity contribution in [2.24, 2.45) is 0 Å². The van der Waals surface area contributed by atoms with Gasteiger partial charge in [-0.25, -0.2) is 13.1 Å². The van der Waals surface area contributed by atoms with Gasteiger partial charge >= 0.3 is 6.18 Å². The van der Waals surface area contributed by atoms with Gasteiger partial charge in [0.2, 0.25) is 0 Å². The molecule has 0 saturated carbocycles. The van der Waals surface area contributed by atoms with Gasteiger partial charge in [-0.1, -0.05) is 41.4 Å². The number of hydrogen-bond donors (Lipinski definition) is 0. The summed E-state index contributed by atoms with van der Waals surface area (Å²) < 4.78 is 62.2. The highest BCUT2D eigenvalue weighted by Gasteiger charge is 2.30. The second-order valence-electron chi connectivity index (χ2n) is 6.44. The Balaban J connectivity index is 2.26. The quantitative estimate of drug-likeness (QED) is 0.539. The van der Waals surface area contributed by atoms with E-state index in [2.05, 4.69) is 5.10 Å². The average molecular weight is 477 g/mol. The maximum atomic E-state index is 12.9. The van der Waals surface area contributed by atoms with Crippen molar-refractivity contribution in [3.8, 4) is 22.3 Å². The summed E-state index contributed by atoms with van der Waals surface area (Å²) in [6.45, 7) is -1.56. The largest absolute Gasteiger partial charge is 0.408 e. The molecular formula is C19H13Cl2F3N2O3S. The standard InChI is InChI=1S/C19H13Cl2F3N2O3S/c1-30(28,29)13-5-2-11(3-6-13)14-9-25-26(10-19(22,23)24)18(27)17(14)12-4-7-15(20)16(21)8-12/h2-9H,10H2,1H3. The molecule has 11 heteroatoms. The van der Waals surface area contributed by atoms with Crippen molar-refractivity contribution in [1.82, 2.24) is 9.78 Å². The molecular weight excluding hydrogens is 464 g/mol. The van der Waals surface area contributed by atoms with Crippen LogP contribution >= 0.6 is 23.2 Å². The molecule has 1 aromatic heterocycles. The summed E-state index contributed by atoms with van der Waals surface area (Å²) in [5, 5.41) is 3.97. The van der Waals surface area contributed by atoms with Crippen molar-refractivity contribution < 1.29 is 21.6 Å². The van der Waals surface area contributed by atoms with E-state index in [9.17, 15) is 26.4 Å². The number of benzene rings is 2. The average Bonchev–Trinajstić information content (AvgIpc) is 2.64. The number of nitrogens with zero attached hydrogens (tertiary/aromatic N) is 2. The van der Waals surface area contributed by atoms with E-state index in [-0.39, 0.29) is 31.6 Å². The van der Waals surface area contributed by atoms with Crippen molar-refractivity contribution in [3.05, 3.63) is 69.1 Å². The summed E-state index contributed by atoms with van der Waals surface area (Å²) in [5.74, 6) is 0. The first-order chi connectivity index (χ1) is 13.9. The Hall–Kier alpha value is -2.36. The van der Waals surface area contributed by atoms with E-state index < -0.39 is 28.1 Å². The highest BCUT2D eigenvalue weighted by Crippen LogP contribution is 2.33. The topological polar surface area (TPSA) is 69.0 Å². The molecule has 0 aliphatic carbocycles. The van der Waals surface area contributed by atoms with Crippen LogP contribution in [0.3, 0.4) is 0 Å². The number of alkyl halides is 3. The molecule has 3 aromatic rings. The zero-order chi connectivity index (χ0) is 22.3. The molecule has 0 atom stereocenters. The monoisotopic (exact) mass is 476 g/mol. The molecule has 0 aliphatic heterocycles. The van der Waals surface area contributed by atoms with Gasteiger partial charge in [0.25, 0.3) is 5.56 Å². The van der Waals surface area contributed by atoms with Gasteiger partial charge in [-0.2, -0.15) is 18.3 Å². The molecule has 0 fully saturated rings. The third-order valence-corrected chi connectivity index (χ3v) is 6.04. The van der Waals surface area contributed by atoms with E-state index in [1.165, 1.54) is 42.5 Å². The molecule has 158 valence electrons. The number of halogens is 5. The van der Waals surface area contributed by atoms with Crippen molar-refractivity contribution in [3.63, 3.8) is 0 Å². The molecule has 3 rings (SSSR count). The van der Waals surface area contributed by atoms with Crippen LogP contribution in [0.15, 0.2) is 58.4 Å². The maximum Gasteiger partial charge on any atom is 0.408 e. The predicted octanol–water partition coefficient (Wildman–Crippen LogP) is 4.85. The van der Waals surface area contributed by atoms with Gasteiger partial charge in [-0.3, -0.25) is 4.79 Å². The van der Waals surface area contributed by atoms with Crippen LogP contribution in [0.5, 0.6) is 0 Å². The molecule has 5 nitrogen and oxygen atoms in total. The highest BCUT2D eigenvalue weighted by atomic mass is 35.5. The minimum absolute atomic E-state index is 0.0562. The van der Waals surface area contributed by atoms with E-state index in [1.807, 2.05) is 0 Å². The van der Waals surface area contributed by atoms with Crippen LogP contribution in [-0.4, -0.2) is 30.6 Å². The van der Waals surface area contributed by atoms with Crippen LogP contribution in [-0.2, 0) is 16.4 Å². The van der Waals surface area contributed by atoms with Gasteiger partial charge in [0.1, 0.15) is 6.54 Å². The Morgan fingerprint density at radius 3 is 2.13 bits per heavy atom. The fraction of sp³-hybridized carbons (Fsp3) is 0.158. The molecule has 1 heterocycles. The molecule has 0 spiro atoms. The molecule has 0 amide bonds. The van der Waals surface area contributed by atoms with Gasteiger partial charge in [0, 0.05) is 11.8 Å². The Bertz CT molecular complexity index is 1270. The summed E-state index contributed by atoms with van der Waals surface area (Å²) in [5.41, 5.74) is -0.186. The van der Waals surface area contributed by atoms with Crippen molar-refractivity contribution >= 4 is 33.0 Å². The van der Waals surface area contributed by atoms with Gasteiger partial charge in [-0.05, 0) is 35.4 Å².